The van der Waals surface area contributed by atoms with Crippen LogP contribution in [-0.2, 0) is 6.54 Å². The molecule has 0 saturated carbocycles. The van der Waals surface area contributed by atoms with Gasteiger partial charge in [0.1, 0.15) is 11.6 Å². The number of hydrogen-bond acceptors (Lipinski definition) is 2. The minimum absolute atomic E-state index is 0.00634. The van der Waals surface area contributed by atoms with Gasteiger partial charge in [0.05, 0.1) is 13.2 Å². The number of hydrogen-bond donors (Lipinski definition) is 1. The van der Waals surface area contributed by atoms with Crippen molar-refractivity contribution in [3.05, 3.63) is 65.0 Å². The van der Waals surface area contributed by atoms with Gasteiger partial charge in [0, 0.05) is 12.1 Å². The Morgan fingerprint density at radius 3 is 2.83 bits per heavy atom. The van der Waals surface area contributed by atoms with Crippen molar-refractivity contribution in [1.82, 2.24) is 5.32 Å². The summed E-state index contributed by atoms with van der Waals surface area (Å²) in [6.45, 7) is 0.785. The van der Waals surface area contributed by atoms with Gasteiger partial charge >= 0.3 is 0 Å². The molecule has 2 aromatic carbocycles. The van der Waals surface area contributed by atoms with Crippen LogP contribution in [0, 0.1) is 5.82 Å². The summed E-state index contributed by atoms with van der Waals surface area (Å²) in [5, 5.41) is 3.39. The number of halogens is 1. The predicted molar refractivity (Wildman–Crippen MR) is 68.1 cm³/mol. The van der Waals surface area contributed by atoms with E-state index in [2.05, 4.69) is 11.4 Å². The Hall–Kier alpha value is -1.87. The van der Waals surface area contributed by atoms with Crippen molar-refractivity contribution in [2.24, 2.45) is 0 Å². The highest BCUT2D eigenvalue weighted by molar-refractivity contribution is 5.49. The smallest absolute Gasteiger partial charge is 0.124 e. The molecule has 1 atom stereocenters. The summed E-state index contributed by atoms with van der Waals surface area (Å²) < 4.78 is 18.7. The van der Waals surface area contributed by atoms with Gasteiger partial charge in [-0.05, 0) is 29.3 Å². The van der Waals surface area contributed by atoms with E-state index in [9.17, 15) is 4.39 Å². The minimum atomic E-state index is -0.211. The third-order valence-electron chi connectivity index (χ3n) is 3.34. The lowest BCUT2D eigenvalue weighted by Gasteiger charge is -2.15. The van der Waals surface area contributed by atoms with Crippen LogP contribution in [0.25, 0.3) is 0 Å². The Labute approximate surface area is 105 Å². The van der Waals surface area contributed by atoms with Gasteiger partial charge in [0.2, 0.25) is 0 Å². The molecule has 0 spiro atoms. The van der Waals surface area contributed by atoms with Crippen LogP contribution < -0.4 is 10.1 Å². The Balaban J connectivity index is 2.09. The van der Waals surface area contributed by atoms with Gasteiger partial charge in [-0.3, -0.25) is 0 Å². The third kappa shape index (κ3) is 1.77. The number of nitrogens with one attached hydrogen (secondary N) is 1. The molecule has 0 aliphatic carbocycles. The lowest BCUT2D eigenvalue weighted by atomic mass is 9.97. The molecule has 0 fully saturated rings. The first-order valence-corrected chi connectivity index (χ1v) is 5.94. The van der Waals surface area contributed by atoms with Crippen molar-refractivity contribution in [2.45, 2.75) is 12.6 Å². The molecule has 0 bridgehead atoms. The molecule has 2 nitrogen and oxygen atoms in total. The van der Waals surface area contributed by atoms with Crippen molar-refractivity contribution >= 4 is 0 Å². The average Bonchev–Trinajstić information content (AvgIpc) is 2.82. The van der Waals surface area contributed by atoms with Crippen molar-refractivity contribution in [2.75, 3.05) is 7.11 Å². The number of rotatable bonds is 2. The third-order valence-corrected chi connectivity index (χ3v) is 3.34. The summed E-state index contributed by atoms with van der Waals surface area (Å²) >= 11 is 0. The summed E-state index contributed by atoms with van der Waals surface area (Å²) in [7, 11) is 1.66. The fraction of sp³-hybridized carbons (Fsp3) is 0.200. The van der Waals surface area contributed by atoms with E-state index in [1.165, 1.54) is 11.6 Å². The van der Waals surface area contributed by atoms with Gasteiger partial charge in [0.25, 0.3) is 0 Å². The second-order valence-corrected chi connectivity index (χ2v) is 4.40. The van der Waals surface area contributed by atoms with E-state index in [4.69, 9.17) is 4.74 Å². The first-order chi connectivity index (χ1) is 8.79. The summed E-state index contributed by atoms with van der Waals surface area (Å²) in [4.78, 5) is 0. The molecule has 92 valence electrons. The lowest BCUT2D eigenvalue weighted by molar-refractivity contribution is 0.407. The Morgan fingerprint density at radius 2 is 2.06 bits per heavy atom. The molecular weight excluding hydrogens is 229 g/mol. The van der Waals surface area contributed by atoms with Gasteiger partial charge in [-0.2, -0.15) is 0 Å². The van der Waals surface area contributed by atoms with E-state index in [-0.39, 0.29) is 11.9 Å². The Kier molecular flexibility index (Phi) is 2.76. The maximum atomic E-state index is 13.3. The summed E-state index contributed by atoms with van der Waals surface area (Å²) in [6.07, 6.45) is 0. The Bertz CT molecular complexity index is 582. The van der Waals surface area contributed by atoms with Crippen molar-refractivity contribution in [3.8, 4) is 5.75 Å². The van der Waals surface area contributed by atoms with E-state index in [1.54, 1.807) is 19.2 Å². The molecule has 1 aliphatic rings. The highest BCUT2D eigenvalue weighted by atomic mass is 19.1. The monoisotopic (exact) mass is 243 g/mol. The van der Waals surface area contributed by atoms with Gasteiger partial charge < -0.3 is 10.1 Å². The van der Waals surface area contributed by atoms with Crippen LogP contribution in [-0.4, -0.2) is 7.11 Å². The van der Waals surface area contributed by atoms with E-state index in [1.807, 2.05) is 18.2 Å². The van der Waals surface area contributed by atoms with Crippen LogP contribution in [0.5, 0.6) is 5.75 Å². The number of methoxy groups -OCH3 is 1. The van der Waals surface area contributed by atoms with Gasteiger partial charge in [-0.25, -0.2) is 4.39 Å². The zero-order valence-electron chi connectivity index (χ0n) is 10.1. The highest BCUT2D eigenvalue weighted by Gasteiger charge is 2.26. The molecule has 1 heterocycles. The van der Waals surface area contributed by atoms with Crippen LogP contribution >= 0.6 is 0 Å². The largest absolute Gasteiger partial charge is 0.496 e. The molecular formula is C15H14FNO. The van der Waals surface area contributed by atoms with Crippen LogP contribution in [0.15, 0.2) is 42.5 Å². The molecule has 0 aromatic heterocycles. The zero-order chi connectivity index (χ0) is 12.5. The molecule has 18 heavy (non-hydrogen) atoms. The maximum absolute atomic E-state index is 13.3. The normalized spacial score (nSPS) is 17.6. The second kappa shape index (κ2) is 4.42. The number of fused-ring (bicyclic) bond motifs is 1. The highest BCUT2D eigenvalue weighted by Crippen LogP contribution is 2.37. The van der Waals surface area contributed by atoms with Crippen molar-refractivity contribution in [3.63, 3.8) is 0 Å². The molecule has 0 amide bonds. The van der Waals surface area contributed by atoms with Crippen LogP contribution in [0.2, 0.25) is 0 Å². The summed E-state index contributed by atoms with van der Waals surface area (Å²) in [6, 6.07) is 12.7. The fourth-order valence-electron chi connectivity index (χ4n) is 2.53. The molecule has 3 heteroatoms. The van der Waals surface area contributed by atoms with E-state index in [0.717, 1.165) is 23.4 Å². The number of ether oxygens (including phenoxy) is 1. The SMILES string of the molecule is COc1cccc2c1C(c1cccc(F)c1)NC2. The quantitative estimate of drug-likeness (QED) is 0.875. The molecule has 1 N–H and O–H groups in total. The fourth-order valence-corrected chi connectivity index (χ4v) is 2.53. The first kappa shape index (κ1) is 11.2. The lowest BCUT2D eigenvalue weighted by Crippen LogP contribution is -2.14. The predicted octanol–water partition coefficient (Wildman–Crippen LogP) is 3.03. The number of benzene rings is 2. The van der Waals surface area contributed by atoms with Gasteiger partial charge in [-0.1, -0.05) is 24.3 Å². The minimum Gasteiger partial charge on any atom is -0.496 e. The average molecular weight is 243 g/mol. The maximum Gasteiger partial charge on any atom is 0.124 e. The topological polar surface area (TPSA) is 21.3 Å². The molecule has 0 saturated heterocycles. The van der Waals surface area contributed by atoms with Crippen LogP contribution in [0.3, 0.4) is 0 Å². The summed E-state index contributed by atoms with van der Waals surface area (Å²) in [5.41, 5.74) is 3.26. The molecule has 1 unspecified atom stereocenters. The van der Waals surface area contributed by atoms with Gasteiger partial charge in [-0.15, -0.1) is 0 Å². The molecule has 0 radical (unpaired) electrons. The molecule has 2 aromatic rings. The molecule has 1 aliphatic heterocycles. The van der Waals surface area contributed by atoms with Crippen molar-refractivity contribution < 1.29 is 9.13 Å². The van der Waals surface area contributed by atoms with Crippen LogP contribution in [0.4, 0.5) is 4.39 Å². The van der Waals surface area contributed by atoms with Crippen LogP contribution in [0.1, 0.15) is 22.7 Å². The summed E-state index contributed by atoms with van der Waals surface area (Å²) in [5.74, 6) is 0.643. The van der Waals surface area contributed by atoms with Gasteiger partial charge in [0.15, 0.2) is 0 Å². The Morgan fingerprint density at radius 1 is 1.22 bits per heavy atom. The van der Waals surface area contributed by atoms with E-state index < -0.39 is 0 Å². The van der Waals surface area contributed by atoms with Crippen molar-refractivity contribution in [1.29, 1.82) is 0 Å². The standard InChI is InChI=1S/C15H14FNO/c1-18-13-7-3-5-11-9-17-15(14(11)13)10-4-2-6-12(16)8-10/h2-8,15,17H,9H2,1H3. The zero-order valence-corrected chi connectivity index (χ0v) is 10.1. The molecule has 3 rings (SSSR count). The van der Waals surface area contributed by atoms with E-state index >= 15 is 0 Å². The first-order valence-electron chi connectivity index (χ1n) is 5.94. The van der Waals surface area contributed by atoms with E-state index in [0.29, 0.717) is 0 Å². The second-order valence-electron chi connectivity index (χ2n) is 4.40.